The van der Waals surface area contributed by atoms with Crippen molar-refractivity contribution in [3.63, 3.8) is 0 Å². The van der Waals surface area contributed by atoms with Crippen LogP contribution in [-0.4, -0.2) is 38.2 Å². The van der Waals surface area contributed by atoms with E-state index < -0.39 is 0 Å². The Kier molecular flexibility index (Phi) is 7.24. The molecule has 5 nitrogen and oxygen atoms in total. The first-order valence-corrected chi connectivity index (χ1v) is 13.4. The predicted octanol–water partition coefficient (Wildman–Crippen LogP) is 5.73. The Labute approximate surface area is 202 Å². The topological polar surface area (TPSA) is 55.2 Å². The van der Waals surface area contributed by atoms with E-state index in [1.807, 2.05) is 11.8 Å². The molecule has 1 aromatic carbocycles. The highest BCUT2D eigenvalue weighted by Gasteiger charge is 2.29. The number of likely N-dealkylation sites (tertiary alicyclic amines) is 1. The van der Waals surface area contributed by atoms with Crippen LogP contribution in [0.4, 0.5) is 4.39 Å². The minimum atomic E-state index is -0.366. The Morgan fingerprint density at radius 3 is 2.52 bits per heavy atom. The van der Waals surface area contributed by atoms with E-state index in [0.29, 0.717) is 21.1 Å². The second-order valence-corrected chi connectivity index (χ2v) is 10.8. The molecule has 1 aliphatic rings. The molecule has 0 aliphatic carbocycles. The fourth-order valence-electron chi connectivity index (χ4n) is 4.70. The van der Waals surface area contributed by atoms with Gasteiger partial charge in [0.15, 0.2) is 5.16 Å². The average Bonchev–Trinajstić information content (AvgIpc) is 3.09. The molecule has 0 unspecified atom stereocenters. The lowest BCUT2D eigenvalue weighted by Gasteiger charge is -2.39. The van der Waals surface area contributed by atoms with Gasteiger partial charge in [-0.25, -0.2) is 9.37 Å². The van der Waals surface area contributed by atoms with Gasteiger partial charge in [0.2, 0.25) is 5.91 Å². The molecule has 2 aromatic heterocycles. The standard InChI is InChI=1S/C25H30FN3O2S2/c1-5-7-20-17(4)22-23(33-20)27-25(29(24(22)31)19-12-10-18(26)11-13-19)32-14-21(30)28-15(2)8-6-9-16(28)3/h10-13,15-16H,5-9,14H2,1-4H3/t15-,16-/m1/s1. The number of benzene rings is 1. The van der Waals surface area contributed by atoms with Crippen molar-refractivity contribution in [2.75, 3.05) is 5.75 Å². The third-order valence-corrected chi connectivity index (χ3v) is 8.57. The van der Waals surface area contributed by atoms with E-state index in [2.05, 4.69) is 20.8 Å². The summed E-state index contributed by atoms with van der Waals surface area (Å²) < 4.78 is 15.1. The van der Waals surface area contributed by atoms with Crippen molar-refractivity contribution in [2.24, 2.45) is 0 Å². The normalized spacial score (nSPS) is 18.8. The van der Waals surface area contributed by atoms with Crippen LogP contribution in [0, 0.1) is 12.7 Å². The van der Waals surface area contributed by atoms with Gasteiger partial charge in [-0.3, -0.25) is 14.2 Å². The molecule has 1 amide bonds. The number of fused-ring (bicyclic) bond motifs is 1. The third kappa shape index (κ3) is 4.73. The van der Waals surface area contributed by atoms with Crippen LogP contribution in [0.1, 0.15) is 56.9 Å². The van der Waals surface area contributed by atoms with Gasteiger partial charge in [0.25, 0.3) is 5.56 Å². The Morgan fingerprint density at radius 2 is 1.88 bits per heavy atom. The van der Waals surface area contributed by atoms with Gasteiger partial charge in [-0.05, 0) is 76.3 Å². The van der Waals surface area contributed by atoms with Gasteiger partial charge in [-0.2, -0.15) is 0 Å². The van der Waals surface area contributed by atoms with Crippen molar-refractivity contribution in [1.82, 2.24) is 14.5 Å². The molecule has 0 radical (unpaired) electrons. The van der Waals surface area contributed by atoms with Gasteiger partial charge >= 0.3 is 0 Å². The number of hydrogen-bond acceptors (Lipinski definition) is 5. The van der Waals surface area contributed by atoms with Crippen LogP contribution in [0.2, 0.25) is 0 Å². The van der Waals surface area contributed by atoms with Crippen LogP contribution >= 0.6 is 23.1 Å². The molecule has 1 aliphatic heterocycles. The lowest BCUT2D eigenvalue weighted by Crippen LogP contribution is -2.48. The first kappa shape index (κ1) is 24.0. The summed E-state index contributed by atoms with van der Waals surface area (Å²) in [5, 5.41) is 1.08. The SMILES string of the molecule is CCCc1sc2nc(SCC(=O)N3[C@H](C)CCC[C@H]3C)n(-c3ccc(F)cc3)c(=O)c2c1C. The van der Waals surface area contributed by atoms with Crippen LogP contribution in [0.15, 0.2) is 34.2 Å². The fraction of sp³-hybridized carbons (Fsp3) is 0.480. The van der Waals surface area contributed by atoms with E-state index >= 15 is 0 Å². The molecule has 176 valence electrons. The number of carbonyl (C=O) groups is 1. The maximum atomic E-state index is 13.7. The Hall–Kier alpha value is -2.19. The molecule has 8 heteroatoms. The zero-order valence-electron chi connectivity index (χ0n) is 19.6. The Balaban J connectivity index is 1.75. The van der Waals surface area contributed by atoms with E-state index in [4.69, 9.17) is 4.98 Å². The number of carbonyl (C=O) groups excluding carboxylic acids is 1. The summed E-state index contributed by atoms with van der Waals surface area (Å²) in [6, 6.07) is 6.28. The minimum Gasteiger partial charge on any atom is -0.337 e. The number of thiophene rings is 1. The summed E-state index contributed by atoms with van der Waals surface area (Å²) in [5.74, 6) is -0.0935. The molecule has 33 heavy (non-hydrogen) atoms. The highest BCUT2D eigenvalue weighted by atomic mass is 32.2. The van der Waals surface area contributed by atoms with E-state index in [9.17, 15) is 14.0 Å². The van der Waals surface area contributed by atoms with Crippen LogP contribution in [-0.2, 0) is 11.2 Å². The summed E-state index contributed by atoms with van der Waals surface area (Å²) in [6.07, 6.45) is 5.05. The lowest BCUT2D eigenvalue weighted by molar-refractivity contribution is -0.134. The third-order valence-electron chi connectivity index (χ3n) is 6.40. The largest absolute Gasteiger partial charge is 0.337 e. The lowest BCUT2D eigenvalue weighted by atomic mass is 9.98. The zero-order valence-corrected chi connectivity index (χ0v) is 21.2. The first-order chi connectivity index (χ1) is 15.8. The van der Waals surface area contributed by atoms with Crippen LogP contribution < -0.4 is 5.56 Å². The molecular formula is C25H30FN3O2S2. The number of hydrogen-bond donors (Lipinski definition) is 0. The Morgan fingerprint density at radius 1 is 1.21 bits per heavy atom. The van der Waals surface area contributed by atoms with Crippen molar-refractivity contribution in [1.29, 1.82) is 0 Å². The molecule has 0 N–H and O–H groups in total. The molecule has 3 heterocycles. The van der Waals surface area contributed by atoms with E-state index in [-0.39, 0.29) is 35.1 Å². The zero-order chi connectivity index (χ0) is 23.7. The van der Waals surface area contributed by atoms with Gasteiger partial charge < -0.3 is 4.90 Å². The van der Waals surface area contributed by atoms with Crippen molar-refractivity contribution in [2.45, 2.75) is 77.0 Å². The van der Waals surface area contributed by atoms with Crippen LogP contribution in [0.3, 0.4) is 0 Å². The second-order valence-electron chi connectivity index (χ2n) is 8.81. The van der Waals surface area contributed by atoms with E-state index in [1.54, 1.807) is 23.5 Å². The fourth-order valence-corrected chi connectivity index (χ4v) is 6.91. The molecule has 1 fully saturated rings. The van der Waals surface area contributed by atoms with Gasteiger partial charge in [0, 0.05) is 17.0 Å². The molecule has 3 aromatic rings. The van der Waals surface area contributed by atoms with Crippen molar-refractivity contribution >= 4 is 39.2 Å². The highest BCUT2D eigenvalue weighted by Crippen LogP contribution is 2.32. The summed E-state index contributed by atoms with van der Waals surface area (Å²) >= 11 is 2.84. The molecule has 2 atom stereocenters. The maximum Gasteiger partial charge on any atom is 0.267 e. The summed E-state index contributed by atoms with van der Waals surface area (Å²) in [4.78, 5) is 35.4. The van der Waals surface area contributed by atoms with Gasteiger partial charge in [-0.15, -0.1) is 11.3 Å². The van der Waals surface area contributed by atoms with Crippen LogP contribution in [0.5, 0.6) is 0 Å². The number of nitrogens with zero attached hydrogens (tertiary/aromatic N) is 3. The Bertz CT molecular complexity index is 1210. The van der Waals surface area contributed by atoms with Crippen molar-refractivity contribution in [3.05, 3.63) is 50.9 Å². The predicted molar refractivity (Wildman–Crippen MR) is 134 cm³/mol. The summed E-state index contributed by atoms with van der Waals surface area (Å²) in [7, 11) is 0. The second kappa shape index (κ2) is 9.97. The number of aryl methyl sites for hydroxylation is 2. The molecule has 0 saturated carbocycles. The first-order valence-electron chi connectivity index (χ1n) is 11.6. The number of thioether (sulfide) groups is 1. The molecule has 0 spiro atoms. The van der Waals surface area contributed by atoms with E-state index in [1.165, 1.54) is 28.5 Å². The number of rotatable bonds is 6. The number of amides is 1. The quantitative estimate of drug-likeness (QED) is 0.329. The van der Waals surface area contributed by atoms with Gasteiger partial charge in [-0.1, -0.05) is 25.1 Å². The minimum absolute atomic E-state index is 0.0636. The maximum absolute atomic E-state index is 13.7. The average molecular weight is 488 g/mol. The molecule has 0 bridgehead atoms. The molecular weight excluding hydrogens is 457 g/mol. The number of aromatic nitrogens is 2. The summed E-state index contributed by atoms with van der Waals surface area (Å²) in [6.45, 7) is 8.28. The molecule has 4 rings (SSSR count). The monoisotopic (exact) mass is 487 g/mol. The number of halogens is 1. The summed E-state index contributed by atoms with van der Waals surface area (Å²) in [5.41, 5.74) is 1.35. The van der Waals surface area contributed by atoms with Gasteiger partial charge in [0.1, 0.15) is 10.6 Å². The van der Waals surface area contributed by atoms with Gasteiger partial charge in [0.05, 0.1) is 16.8 Å². The smallest absolute Gasteiger partial charge is 0.267 e. The number of piperidine rings is 1. The van der Waals surface area contributed by atoms with E-state index in [0.717, 1.165) is 42.5 Å². The van der Waals surface area contributed by atoms with Crippen LogP contribution in [0.25, 0.3) is 15.9 Å². The van der Waals surface area contributed by atoms with Crippen molar-refractivity contribution in [3.8, 4) is 5.69 Å². The molecule has 1 saturated heterocycles. The van der Waals surface area contributed by atoms with Crippen molar-refractivity contribution < 1.29 is 9.18 Å². The highest BCUT2D eigenvalue weighted by molar-refractivity contribution is 7.99.